The summed E-state index contributed by atoms with van der Waals surface area (Å²) in [7, 11) is 0. The first kappa shape index (κ1) is 13.8. The highest BCUT2D eigenvalue weighted by Gasteiger charge is 2.17. The normalized spacial score (nSPS) is 17.2. The van der Waals surface area contributed by atoms with Crippen LogP contribution in [0, 0.1) is 0 Å². The second-order valence-electron chi connectivity index (χ2n) is 4.90. The summed E-state index contributed by atoms with van der Waals surface area (Å²) in [5.74, 6) is 0.941. The van der Waals surface area contributed by atoms with Gasteiger partial charge in [-0.05, 0) is 31.5 Å². The summed E-state index contributed by atoms with van der Waals surface area (Å²) in [5.41, 5.74) is 1.18. The molecule has 1 aromatic heterocycles. The molecule has 2 N–H and O–H groups in total. The van der Waals surface area contributed by atoms with Gasteiger partial charge in [0.05, 0.1) is 6.54 Å². The van der Waals surface area contributed by atoms with Crippen LogP contribution in [0.3, 0.4) is 0 Å². The van der Waals surface area contributed by atoms with E-state index in [1.807, 2.05) is 17.2 Å². The van der Waals surface area contributed by atoms with E-state index in [9.17, 15) is 4.79 Å². The number of carbonyl (C=O) groups is 1. The molecule has 1 fully saturated rings. The molecule has 0 aromatic carbocycles. The van der Waals surface area contributed by atoms with Gasteiger partial charge in [-0.15, -0.1) is 0 Å². The molecule has 5 heteroatoms. The lowest BCUT2D eigenvalue weighted by atomic mass is 10.1. The SMILES string of the molecule is CCCNC(C)c1ccc(N2CCNC(=O)C2)nc1. The van der Waals surface area contributed by atoms with E-state index >= 15 is 0 Å². The van der Waals surface area contributed by atoms with Crippen LogP contribution in [-0.2, 0) is 4.79 Å². The van der Waals surface area contributed by atoms with Crippen LogP contribution in [0.5, 0.6) is 0 Å². The van der Waals surface area contributed by atoms with Crippen LogP contribution in [0.15, 0.2) is 18.3 Å². The minimum absolute atomic E-state index is 0.0649. The molecule has 1 aliphatic heterocycles. The van der Waals surface area contributed by atoms with Gasteiger partial charge in [-0.2, -0.15) is 0 Å². The zero-order valence-electron chi connectivity index (χ0n) is 11.6. The summed E-state index contributed by atoms with van der Waals surface area (Å²) in [6.07, 6.45) is 3.02. The zero-order chi connectivity index (χ0) is 13.7. The quantitative estimate of drug-likeness (QED) is 0.833. The summed E-state index contributed by atoms with van der Waals surface area (Å²) in [6.45, 7) is 7.22. The van der Waals surface area contributed by atoms with E-state index in [2.05, 4.69) is 35.5 Å². The number of amides is 1. The molecule has 1 aliphatic rings. The van der Waals surface area contributed by atoms with E-state index in [0.29, 0.717) is 19.1 Å². The van der Waals surface area contributed by atoms with Gasteiger partial charge in [0.15, 0.2) is 0 Å². The van der Waals surface area contributed by atoms with E-state index in [-0.39, 0.29) is 5.91 Å². The molecule has 0 spiro atoms. The molecule has 5 nitrogen and oxygen atoms in total. The Labute approximate surface area is 114 Å². The maximum atomic E-state index is 11.3. The monoisotopic (exact) mass is 262 g/mol. The minimum Gasteiger partial charge on any atom is -0.353 e. The zero-order valence-corrected chi connectivity index (χ0v) is 11.6. The summed E-state index contributed by atoms with van der Waals surface area (Å²) < 4.78 is 0. The van der Waals surface area contributed by atoms with Crippen LogP contribution >= 0.6 is 0 Å². The highest BCUT2D eigenvalue weighted by molar-refractivity contribution is 5.82. The van der Waals surface area contributed by atoms with Crippen LogP contribution in [0.2, 0.25) is 0 Å². The van der Waals surface area contributed by atoms with Crippen molar-refractivity contribution in [3.63, 3.8) is 0 Å². The van der Waals surface area contributed by atoms with Crippen molar-refractivity contribution in [1.82, 2.24) is 15.6 Å². The highest BCUT2D eigenvalue weighted by atomic mass is 16.2. The van der Waals surface area contributed by atoms with Crippen molar-refractivity contribution in [3.8, 4) is 0 Å². The third-order valence-corrected chi connectivity index (χ3v) is 3.33. The maximum Gasteiger partial charge on any atom is 0.239 e. The van der Waals surface area contributed by atoms with Gasteiger partial charge in [0.2, 0.25) is 5.91 Å². The van der Waals surface area contributed by atoms with Gasteiger partial charge in [-0.25, -0.2) is 4.98 Å². The fourth-order valence-electron chi connectivity index (χ4n) is 2.15. The molecule has 2 rings (SSSR count). The fourth-order valence-corrected chi connectivity index (χ4v) is 2.15. The Hall–Kier alpha value is -1.62. The maximum absolute atomic E-state index is 11.3. The molecule has 1 saturated heterocycles. The number of nitrogens with zero attached hydrogens (tertiary/aromatic N) is 2. The van der Waals surface area contributed by atoms with E-state index in [1.54, 1.807) is 0 Å². The number of pyridine rings is 1. The summed E-state index contributed by atoms with van der Waals surface area (Å²) in [5, 5.41) is 6.25. The van der Waals surface area contributed by atoms with Crippen molar-refractivity contribution >= 4 is 11.7 Å². The van der Waals surface area contributed by atoms with Crippen LogP contribution in [0.1, 0.15) is 31.9 Å². The second-order valence-corrected chi connectivity index (χ2v) is 4.90. The van der Waals surface area contributed by atoms with Gasteiger partial charge < -0.3 is 15.5 Å². The van der Waals surface area contributed by atoms with Crippen LogP contribution < -0.4 is 15.5 Å². The summed E-state index contributed by atoms with van der Waals surface area (Å²) >= 11 is 0. The lowest BCUT2D eigenvalue weighted by Crippen LogP contribution is -2.48. The lowest BCUT2D eigenvalue weighted by Gasteiger charge is -2.27. The molecule has 1 amide bonds. The van der Waals surface area contributed by atoms with Crippen molar-refractivity contribution in [2.24, 2.45) is 0 Å². The Morgan fingerprint density at radius 2 is 2.37 bits per heavy atom. The van der Waals surface area contributed by atoms with Gasteiger partial charge in [0, 0.05) is 25.3 Å². The molecule has 104 valence electrons. The predicted molar refractivity (Wildman–Crippen MR) is 76.2 cm³/mol. The molecule has 0 bridgehead atoms. The minimum atomic E-state index is 0.0649. The van der Waals surface area contributed by atoms with Gasteiger partial charge in [0.25, 0.3) is 0 Å². The Morgan fingerprint density at radius 1 is 1.53 bits per heavy atom. The van der Waals surface area contributed by atoms with Crippen LogP contribution in [0.4, 0.5) is 5.82 Å². The largest absolute Gasteiger partial charge is 0.353 e. The average molecular weight is 262 g/mol. The fraction of sp³-hybridized carbons (Fsp3) is 0.571. The number of carbonyl (C=O) groups excluding carboxylic acids is 1. The molecule has 1 aromatic rings. The van der Waals surface area contributed by atoms with Gasteiger partial charge >= 0.3 is 0 Å². The van der Waals surface area contributed by atoms with E-state index in [4.69, 9.17) is 0 Å². The molecule has 1 unspecified atom stereocenters. The Kier molecular flexibility index (Phi) is 4.74. The topological polar surface area (TPSA) is 57.3 Å². The Morgan fingerprint density at radius 3 is 3.00 bits per heavy atom. The highest BCUT2D eigenvalue weighted by Crippen LogP contribution is 2.16. The first-order valence-corrected chi connectivity index (χ1v) is 6.91. The first-order chi connectivity index (χ1) is 9.20. The summed E-state index contributed by atoms with van der Waals surface area (Å²) in [4.78, 5) is 17.8. The number of aromatic nitrogens is 1. The molecule has 2 heterocycles. The Balaban J connectivity index is 1.99. The number of piperazine rings is 1. The molecule has 0 aliphatic carbocycles. The van der Waals surface area contributed by atoms with Crippen molar-refractivity contribution in [2.45, 2.75) is 26.3 Å². The van der Waals surface area contributed by atoms with Crippen LogP contribution in [0.25, 0.3) is 0 Å². The number of rotatable bonds is 5. The second kappa shape index (κ2) is 6.52. The lowest BCUT2D eigenvalue weighted by molar-refractivity contribution is -0.120. The van der Waals surface area contributed by atoms with Gasteiger partial charge in [-0.1, -0.05) is 13.0 Å². The predicted octanol–water partition coefficient (Wildman–Crippen LogP) is 1.08. The van der Waals surface area contributed by atoms with Gasteiger partial charge in [-0.3, -0.25) is 4.79 Å². The van der Waals surface area contributed by atoms with Crippen molar-refractivity contribution in [3.05, 3.63) is 23.9 Å². The van der Waals surface area contributed by atoms with E-state index in [0.717, 1.165) is 25.3 Å². The average Bonchev–Trinajstić information content (AvgIpc) is 2.45. The van der Waals surface area contributed by atoms with Crippen molar-refractivity contribution in [1.29, 1.82) is 0 Å². The number of nitrogens with one attached hydrogen (secondary N) is 2. The molecule has 0 radical (unpaired) electrons. The van der Waals surface area contributed by atoms with E-state index < -0.39 is 0 Å². The van der Waals surface area contributed by atoms with E-state index in [1.165, 1.54) is 5.56 Å². The summed E-state index contributed by atoms with van der Waals surface area (Å²) in [6, 6.07) is 4.39. The molecule has 19 heavy (non-hydrogen) atoms. The standard InChI is InChI=1S/C14H22N4O/c1-3-6-15-11(2)12-4-5-13(17-9-12)18-8-7-16-14(19)10-18/h4-5,9,11,15H,3,6-8,10H2,1-2H3,(H,16,19). The smallest absolute Gasteiger partial charge is 0.239 e. The third kappa shape index (κ3) is 3.67. The number of anilines is 1. The number of hydrogen-bond acceptors (Lipinski definition) is 4. The molecular formula is C14H22N4O. The van der Waals surface area contributed by atoms with Crippen molar-refractivity contribution in [2.75, 3.05) is 31.1 Å². The number of hydrogen-bond donors (Lipinski definition) is 2. The first-order valence-electron chi connectivity index (χ1n) is 6.91. The Bertz CT molecular complexity index is 418. The van der Waals surface area contributed by atoms with Gasteiger partial charge in [0.1, 0.15) is 5.82 Å². The third-order valence-electron chi connectivity index (χ3n) is 3.33. The molecule has 0 saturated carbocycles. The van der Waals surface area contributed by atoms with Crippen LogP contribution in [-0.4, -0.2) is 37.1 Å². The van der Waals surface area contributed by atoms with Crippen molar-refractivity contribution < 1.29 is 4.79 Å². The molecule has 1 atom stereocenters. The molecular weight excluding hydrogens is 240 g/mol.